The lowest BCUT2D eigenvalue weighted by Crippen LogP contribution is -2.46. The summed E-state index contributed by atoms with van der Waals surface area (Å²) in [7, 11) is 0. The van der Waals surface area contributed by atoms with Gasteiger partial charge in [-0.2, -0.15) is 0 Å². The molecule has 0 saturated carbocycles. The van der Waals surface area contributed by atoms with Crippen LogP contribution in [-0.2, 0) is 4.79 Å². The van der Waals surface area contributed by atoms with Crippen molar-refractivity contribution in [2.24, 2.45) is 5.73 Å². The zero-order valence-corrected chi connectivity index (χ0v) is 16.1. The number of rotatable bonds is 5. The van der Waals surface area contributed by atoms with Crippen LogP contribution < -0.4 is 5.73 Å². The Morgan fingerprint density at radius 2 is 2.08 bits per heavy atom. The van der Waals surface area contributed by atoms with Crippen molar-refractivity contribution in [3.63, 3.8) is 0 Å². The maximum atomic E-state index is 12.9. The summed E-state index contributed by atoms with van der Waals surface area (Å²) in [6, 6.07) is 5.56. The van der Waals surface area contributed by atoms with Crippen LogP contribution in [-0.4, -0.2) is 38.7 Å². The Hall–Kier alpha value is -2.67. The molecule has 1 atom stereocenters. The van der Waals surface area contributed by atoms with E-state index in [0.29, 0.717) is 12.2 Å². The average molecular weight is 370 g/mol. The average Bonchev–Trinajstić information content (AvgIpc) is 3.17. The van der Waals surface area contributed by atoms with Crippen molar-refractivity contribution >= 4 is 28.1 Å². The van der Waals surface area contributed by atoms with Crippen LogP contribution in [0.25, 0.3) is 16.2 Å². The third kappa shape index (κ3) is 3.10. The molecule has 2 heterocycles. The van der Waals surface area contributed by atoms with E-state index in [0.717, 1.165) is 27.3 Å². The van der Waals surface area contributed by atoms with Gasteiger partial charge in [0.05, 0.1) is 5.69 Å². The molecule has 0 saturated heterocycles. The molecule has 0 spiro atoms. The minimum absolute atomic E-state index is 0.227. The summed E-state index contributed by atoms with van der Waals surface area (Å²) in [6.45, 7) is 7.96. The van der Waals surface area contributed by atoms with Gasteiger partial charge in [-0.3, -0.25) is 14.0 Å². The molecule has 0 unspecified atom stereocenters. The molecule has 0 fully saturated rings. The van der Waals surface area contributed by atoms with Gasteiger partial charge in [-0.25, -0.2) is 4.98 Å². The molecular formula is C19H22N4O2S. The van der Waals surface area contributed by atoms with Gasteiger partial charge in [0.25, 0.3) is 5.91 Å². The van der Waals surface area contributed by atoms with Gasteiger partial charge in [0.15, 0.2) is 4.96 Å². The third-order valence-electron chi connectivity index (χ3n) is 4.58. The van der Waals surface area contributed by atoms with Gasteiger partial charge in [0, 0.05) is 23.7 Å². The molecule has 0 aliphatic rings. The zero-order chi connectivity index (χ0) is 19.0. The van der Waals surface area contributed by atoms with Crippen molar-refractivity contribution in [1.82, 2.24) is 14.3 Å². The number of nitrogens with two attached hydrogens (primary N) is 1. The van der Waals surface area contributed by atoms with Crippen molar-refractivity contribution in [3.05, 3.63) is 46.6 Å². The summed E-state index contributed by atoms with van der Waals surface area (Å²) in [4.78, 5) is 31.3. The van der Waals surface area contributed by atoms with Crippen molar-refractivity contribution in [3.8, 4) is 11.3 Å². The summed E-state index contributed by atoms with van der Waals surface area (Å²) in [6.07, 6.45) is 1.88. The second-order valence-electron chi connectivity index (χ2n) is 6.39. The first-order valence-corrected chi connectivity index (χ1v) is 9.36. The molecular weight excluding hydrogens is 348 g/mol. The fraction of sp³-hybridized carbons (Fsp3) is 0.316. The quantitative estimate of drug-likeness (QED) is 0.750. The Morgan fingerprint density at radius 3 is 2.73 bits per heavy atom. The van der Waals surface area contributed by atoms with Gasteiger partial charge in [-0.1, -0.05) is 17.7 Å². The van der Waals surface area contributed by atoms with Crippen molar-refractivity contribution in [1.29, 1.82) is 0 Å². The first kappa shape index (κ1) is 18.1. The molecule has 0 radical (unpaired) electrons. The van der Waals surface area contributed by atoms with E-state index in [-0.39, 0.29) is 5.91 Å². The maximum absolute atomic E-state index is 12.9. The molecule has 6 nitrogen and oxygen atoms in total. The number of likely N-dealkylation sites (N-methyl/N-ethyl adjacent to an activating group) is 1. The van der Waals surface area contributed by atoms with E-state index in [9.17, 15) is 9.59 Å². The molecule has 136 valence electrons. The maximum Gasteiger partial charge on any atom is 0.272 e. The summed E-state index contributed by atoms with van der Waals surface area (Å²) in [5.74, 6) is -0.747. The smallest absolute Gasteiger partial charge is 0.272 e. The summed E-state index contributed by atoms with van der Waals surface area (Å²) >= 11 is 1.40. The second-order valence-corrected chi connectivity index (χ2v) is 7.22. The molecule has 7 heteroatoms. The number of aromatic nitrogens is 2. The normalized spacial score (nSPS) is 12.3. The van der Waals surface area contributed by atoms with Gasteiger partial charge in [-0.05, 0) is 39.3 Å². The highest BCUT2D eigenvalue weighted by Crippen LogP contribution is 2.27. The molecule has 3 rings (SSSR count). The van der Waals surface area contributed by atoms with Crippen LogP contribution in [0.4, 0.5) is 0 Å². The number of amides is 2. The third-order valence-corrected chi connectivity index (χ3v) is 5.42. The molecule has 0 aliphatic heterocycles. The monoisotopic (exact) mass is 370 g/mol. The van der Waals surface area contributed by atoms with Gasteiger partial charge in [-0.15, -0.1) is 11.3 Å². The number of hydrogen-bond donors (Lipinski definition) is 1. The van der Waals surface area contributed by atoms with E-state index in [2.05, 4.69) is 23.2 Å². The van der Waals surface area contributed by atoms with Crippen LogP contribution in [0.5, 0.6) is 0 Å². The number of aryl methyl sites for hydroxylation is 2. The second kappa shape index (κ2) is 6.92. The van der Waals surface area contributed by atoms with Crippen LogP contribution in [0.2, 0.25) is 0 Å². The highest BCUT2D eigenvalue weighted by atomic mass is 32.1. The lowest BCUT2D eigenvalue weighted by Gasteiger charge is -2.25. The molecule has 26 heavy (non-hydrogen) atoms. The number of primary amides is 1. The van der Waals surface area contributed by atoms with Crippen molar-refractivity contribution in [2.75, 3.05) is 6.54 Å². The van der Waals surface area contributed by atoms with E-state index >= 15 is 0 Å². The topological polar surface area (TPSA) is 80.7 Å². The number of imidazole rings is 1. The summed E-state index contributed by atoms with van der Waals surface area (Å²) in [5, 5.41) is 1.77. The number of hydrogen-bond acceptors (Lipinski definition) is 4. The van der Waals surface area contributed by atoms with Crippen LogP contribution in [0.1, 0.15) is 35.5 Å². The van der Waals surface area contributed by atoms with Crippen LogP contribution in [0, 0.1) is 13.8 Å². The van der Waals surface area contributed by atoms with Gasteiger partial charge in [0.2, 0.25) is 5.91 Å². The van der Waals surface area contributed by atoms with E-state index in [1.54, 1.807) is 16.7 Å². The Balaban J connectivity index is 2.04. The molecule has 2 N–H and O–H groups in total. The fourth-order valence-corrected chi connectivity index (χ4v) is 3.82. The fourth-order valence-electron chi connectivity index (χ4n) is 2.97. The Labute approximate surface area is 156 Å². The van der Waals surface area contributed by atoms with E-state index in [1.807, 2.05) is 27.0 Å². The van der Waals surface area contributed by atoms with Gasteiger partial charge < -0.3 is 10.6 Å². The Morgan fingerprint density at radius 1 is 1.35 bits per heavy atom. The van der Waals surface area contributed by atoms with E-state index in [4.69, 9.17) is 5.73 Å². The van der Waals surface area contributed by atoms with Crippen LogP contribution >= 0.6 is 11.3 Å². The van der Waals surface area contributed by atoms with E-state index < -0.39 is 11.9 Å². The SMILES string of the molecule is CCN(C(=O)c1csc2nc(-c3cc(C)ccc3C)cn12)[C@@H](C)C(N)=O. The van der Waals surface area contributed by atoms with Crippen LogP contribution in [0.3, 0.4) is 0 Å². The minimum atomic E-state index is -0.663. The molecule has 0 aliphatic carbocycles. The largest absolute Gasteiger partial charge is 0.368 e. The standard InChI is InChI=1S/C19H22N4O2S/c1-5-22(13(4)17(20)24)18(25)16-10-26-19-21-15(9-23(16)19)14-8-11(2)6-7-12(14)3/h6-10,13H,5H2,1-4H3,(H2,20,24)/t13-/m0/s1. The summed E-state index contributed by atoms with van der Waals surface area (Å²) in [5.41, 5.74) is 10.0. The minimum Gasteiger partial charge on any atom is -0.368 e. The highest BCUT2D eigenvalue weighted by molar-refractivity contribution is 7.15. The Kier molecular flexibility index (Phi) is 4.82. The molecule has 0 bridgehead atoms. The van der Waals surface area contributed by atoms with Crippen molar-refractivity contribution < 1.29 is 9.59 Å². The first-order valence-electron chi connectivity index (χ1n) is 8.48. The predicted molar refractivity (Wildman–Crippen MR) is 103 cm³/mol. The number of fused-ring (bicyclic) bond motifs is 1. The highest BCUT2D eigenvalue weighted by Gasteiger charge is 2.26. The molecule has 2 amide bonds. The number of thiazole rings is 1. The lowest BCUT2D eigenvalue weighted by molar-refractivity contribution is -0.121. The number of benzene rings is 1. The van der Waals surface area contributed by atoms with Crippen molar-refractivity contribution in [2.45, 2.75) is 33.7 Å². The molecule has 1 aromatic carbocycles. The van der Waals surface area contributed by atoms with E-state index in [1.165, 1.54) is 16.2 Å². The number of carbonyl (C=O) groups excluding carboxylic acids is 2. The summed E-state index contributed by atoms with van der Waals surface area (Å²) < 4.78 is 1.79. The zero-order valence-electron chi connectivity index (χ0n) is 15.3. The van der Waals surface area contributed by atoms with Gasteiger partial charge in [0.1, 0.15) is 11.7 Å². The molecule has 2 aromatic heterocycles. The lowest BCUT2D eigenvalue weighted by atomic mass is 10.0. The first-order chi connectivity index (χ1) is 12.3. The van der Waals surface area contributed by atoms with Crippen LogP contribution in [0.15, 0.2) is 29.8 Å². The van der Waals surface area contributed by atoms with Gasteiger partial charge >= 0.3 is 0 Å². The Bertz CT molecular complexity index is 989. The number of carbonyl (C=O) groups is 2. The molecule has 3 aromatic rings. The predicted octanol–water partition coefficient (Wildman–Crippen LogP) is 3.02. The number of nitrogens with zero attached hydrogens (tertiary/aromatic N) is 3.